The number of primary amides is 1. The summed E-state index contributed by atoms with van der Waals surface area (Å²) in [7, 11) is 0. The Bertz CT molecular complexity index is 1670. The minimum atomic E-state index is -1.19. The third-order valence-corrected chi connectivity index (χ3v) is 7.85. The summed E-state index contributed by atoms with van der Waals surface area (Å²) in [5, 5.41) is 13.6. The zero-order valence-electron chi connectivity index (χ0n) is 22.3. The van der Waals surface area contributed by atoms with E-state index in [-0.39, 0.29) is 0 Å². The van der Waals surface area contributed by atoms with Crippen molar-refractivity contribution in [3.05, 3.63) is 119 Å². The number of hydrogen-bond donors (Lipinski definition) is 3. The van der Waals surface area contributed by atoms with Crippen LogP contribution in [-0.2, 0) is 5.60 Å². The minimum absolute atomic E-state index is 0.303. The molecule has 4 N–H and O–H groups in total. The average molecular weight is 568 g/mol. The standard InChI is InChI=1S/C32H30ClN5O3/c33-25-8-6-24(7-9-25)32(40,23-4-2-1-3-5-23)21-37-14-16-38(17-15-37)26-10-11-28(30(34)39)29(19-26)41-27-18-22-12-13-35-31(22)36-20-27/h1-13,18-20,40H,14-17,21H2,(H2,34,39)(H,35,36). The SMILES string of the molecule is NC(=O)c1ccc(N2CCN(CC(O)(c3ccccc3)c3ccc(Cl)cc3)CC2)cc1Oc1cnc2[nH]ccc2c1. The van der Waals surface area contributed by atoms with Crippen LogP contribution in [0.25, 0.3) is 11.0 Å². The van der Waals surface area contributed by atoms with E-state index in [1.54, 1.807) is 12.3 Å². The van der Waals surface area contributed by atoms with Gasteiger partial charge in [0.05, 0.1) is 11.8 Å². The molecule has 8 nitrogen and oxygen atoms in total. The third-order valence-electron chi connectivity index (χ3n) is 7.60. The molecule has 1 saturated heterocycles. The molecule has 1 atom stereocenters. The molecule has 0 radical (unpaired) electrons. The molecule has 1 aliphatic heterocycles. The van der Waals surface area contributed by atoms with E-state index in [4.69, 9.17) is 22.1 Å². The van der Waals surface area contributed by atoms with Gasteiger partial charge in [0, 0.05) is 61.1 Å². The fourth-order valence-corrected chi connectivity index (χ4v) is 5.50. The smallest absolute Gasteiger partial charge is 0.252 e. The van der Waals surface area contributed by atoms with Gasteiger partial charge in [-0.15, -0.1) is 0 Å². The van der Waals surface area contributed by atoms with Gasteiger partial charge >= 0.3 is 0 Å². The number of hydrogen-bond acceptors (Lipinski definition) is 6. The fourth-order valence-electron chi connectivity index (χ4n) is 5.37. The predicted octanol–water partition coefficient (Wildman–Crippen LogP) is 5.17. The molecule has 5 aromatic rings. The fraction of sp³-hybridized carbons (Fsp3) is 0.188. The number of carbonyl (C=O) groups excluding carboxylic acids is 1. The van der Waals surface area contributed by atoms with Crippen LogP contribution in [0.3, 0.4) is 0 Å². The molecular weight excluding hydrogens is 538 g/mol. The number of rotatable bonds is 8. The highest BCUT2D eigenvalue weighted by Crippen LogP contribution is 2.34. The number of anilines is 1. The van der Waals surface area contributed by atoms with Crippen molar-refractivity contribution in [1.29, 1.82) is 0 Å². The number of halogens is 1. The van der Waals surface area contributed by atoms with E-state index in [1.165, 1.54) is 0 Å². The molecule has 0 aliphatic carbocycles. The van der Waals surface area contributed by atoms with Crippen LogP contribution >= 0.6 is 11.6 Å². The van der Waals surface area contributed by atoms with Crippen LogP contribution in [0.5, 0.6) is 11.5 Å². The van der Waals surface area contributed by atoms with E-state index in [2.05, 4.69) is 19.8 Å². The first-order chi connectivity index (χ1) is 19.9. The van der Waals surface area contributed by atoms with Gasteiger partial charge in [-0.3, -0.25) is 9.69 Å². The van der Waals surface area contributed by atoms with E-state index in [0.29, 0.717) is 28.6 Å². The number of H-pyrrole nitrogens is 1. The topological polar surface area (TPSA) is 108 Å². The Kier molecular flexibility index (Phi) is 7.36. The Balaban J connectivity index is 1.19. The molecule has 0 saturated carbocycles. The number of aromatic amines is 1. The quantitative estimate of drug-likeness (QED) is 0.239. The number of carbonyl (C=O) groups is 1. The van der Waals surface area contributed by atoms with Crippen LogP contribution in [0, 0.1) is 0 Å². The summed E-state index contributed by atoms with van der Waals surface area (Å²) >= 11 is 6.14. The Hall–Kier alpha value is -4.37. The van der Waals surface area contributed by atoms with Gasteiger partial charge < -0.3 is 25.5 Å². The highest BCUT2D eigenvalue weighted by molar-refractivity contribution is 6.30. The highest BCUT2D eigenvalue weighted by Gasteiger charge is 2.35. The molecule has 1 unspecified atom stereocenters. The number of aliphatic hydroxyl groups is 1. The second-order valence-electron chi connectivity index (χ2n) is 10.2. The van der Waals surface area contributed by atoms with Crippen molar-refractivity contribution >= 4 is 34.2 Å². The summed E-state index contributed by atoms with van der Waals surface area (Å²) in [6, 6.07) is 26.4. The number of amides is 1. The van der Waals surface area contributed by atoms with E-state index < -0.39 is 11.5 Å². The van der Waals surface area contributed by atoms with Crippen LogP contribution in [0.1, 0.15) is 21.5 Å². The summed E-state index contributed by atoms with van der Waals surface area (Å²) in [5.41, 5.74) is 8.09. The number of pyridine rings is 1. The summed E-state index contributed by atoms with van der Waals surface area (Å²) < 4.78 is 6.12. The summed E-state index contributed by atoms with van der Waals surface area (Å²) in [4.78, 5) is 24.1. The highest BCUT2D eigenvalue weighted by atomic mass is 35.5. The molecule has 6 rings (SSSR count). The molecule has 41 heavy (non-hydrogen) atoms. The summed E-state index contributed by atoms with van der Waals surface area (Å²) in [6.07, 6.45) is 3.43. The molecule has 1 amide bonds. The van der Waals surface area contributed by atoms with Crippen molar-refractivity contribution in [2.45, 2.75) is 5.60 Å². The average Bonchev–Trinajstić information content (AvgIpc) is 3.46. The van der Waals surface area contributed by atoms with Gasteiger partial charge in [0.1, 0.15) is 22.7 Å². The van der Waals surface area contributed by atoms with E-state index in [9.17, 15) is 9.90 Å². The number of benzene rings is 3. The Morgan fingerprint density at radius 1 is 0.976 bits per heavy atom. The van der Waals surface area contributed by atoms with Crippen molar-refractivity contribution in [3.63, 3.8) is 0 Å². The maximum atomic E-state index is 12.2. The first kappa shape index (κ1) is 26.8. The molecule has 2 aromatic heterocycles. The van der Waals surface area contributed by atoms with Crippen LogP contribution in [0.4, 0.5) is 5.69 Å². The molecular formula is C32H30ClN5O3. The van der Waals surface area contributed by atoms with Crippen molar-refractivity contribution in [1.82, 2.24) is 14.9 Å². The number of fused-ring (bicyclic) bond motifs is 1. The number of nitrogens with one attached hydrogen (secondary N) is 1. The maximum absolute atomic E-state index is 12.2. The van der Waals surface area contributed by atoms with Crippen molar-refractivity contribution in [3.8, 4) is 11.5 Å². The molecule has 9 heteroatoms. The molecule has 0 spiro atoms. The number of nitrogens with two attached hydrogens (primary N) is 1. The minimum Gasteiger partial charge on any atom is -0.455 e. The third kappa shape index (κ3) is 5.63. The monoisotopic (exact) mass is 567 g/mol. The van der Waals surface area contributed by atoms with E-state index >= 15 is 0 Å². The number of piperazine rings is 1. The van der Waals surface area contributed by atoms with Gasteiger partial charge in [0.2, 0.25) is 0 Å². The number of nitrogens with zero attached hydrogens (tertiary/aromatic N) is 3. The first-order valence-corrected chi connectivity index (χ1v) is 13.8. The Morgan fingerprint density at radius 3 is 2.44 bits per heavy atom. The number of β-amino-alcohol motifs (C(OH)–C–C–N with tert-alkyl or cyclic N) is 1. The van der Waals surface area contributed by atoms with Gasteiger partial charge in [0.15, 0.2) is 0 Å². The lowest BCUT2D eigenvalue weighted by atomic mass is 9.85. The lowest BCUT2D eigenvalue weighted by Crippen LogP contribution is -2.51. The van der Waals surface area contributed by atoms with Crippen molar-refractivity contribution in [2.24, 2.45) is 5.73 Å². The molecule has 1 fully saturated rings. The summed E-state index contributed by atoms with van der Waals surface area (Å²) in [6.45, 7) is 3.39. The van der Waals surface area contributed by atoms with Crippen LogP contribution in [0.15, 0.2) is 97.3 Å². The first-order valence-electron chi connectivity index (χ1n) is 13.5. The number of ether oxygens (including phenoxy) is 1. The maximum Gasteiger partial charge on any atom is 0.252 e. The molecule has 208 valence electrons. The normalized spacial score (nSPS) is 15.5. The molecule has 1 aliphatic rings. The lowest BCUT2D eigenvalue weighted by Gasteiger charge is -2.41. The molecule has 3 heterocycles. The van der Waals surface area contributed by atoms with Gasteiger partial charge in [-0.2, -0.15) is 0 Å². The second-order valence-corrected chi connectivity index (χ2v) is 10.7. The zero-order chi connectivity index (χ0) is 28.4. The van der Waals surface area contributed by atoms with Gasteiger partial charge in [-0.1, -0.05) is 54.1 Å². The van der Waals surface area contributed by atoms with E-state index in [1.807, 2.05) is 85.1 Å². The summed E-state index contributed by atoms with van der Waals surface area (Å²) in [5.74, 6) is 0.341. The molecule has 0 bridgehead atoms. The Labute approximate surface area is 242 Å². The van der Waals surface area contributed by atoms with Crippen LogP contribution in [-0.4, -0.2) is 58.6 Å². The van der Waals surface area contributed by atoms with Gasteiger partial charge in [0.25, 0.3) is 5.91 Å². The Morgan fingerprint density at radius 2 is 1.71 bits per heavy atom. The molecule has 3 aromatic carbocycles. The van der Waals surface area contributed by atoms with Crippen molar-refractivity contribution in [2.75, 3.05) is 37.6 Å². The van der Waals surface area contributed by atoms with E-state index in [0.717, 1.165) is 54.0 Å². The number of aromatic nitrogens is 2. The lowest BCUT2D eigenvalue weighted by molar-refractivity contribution is 0.0337. The zero-order valence-corrected chi connectivity index (χ0v) is 23.1. The van der Waals surface area contributed by atoms with Crippen LogP contribution < -0.4 is 15.4 Å². The van der Waals surface area contributed by atoms with Crippen molar-refractivity contribution < 1.29 is 14.6 Å². The van der Waals surface area contributed by atoms with Gasteiger partial charge in [-0.25, -0.2) is 4.98 Å². The van der Waals surface area contributed by atoms with Crippen LogP contribution in [0.2, 0.25) is 5.02 Å². The van der Waals surface area contributed by atoms with Gasteiger partial charge in [-0.05, 0) is 47.5 Å². The largest absolute Gasteiger partial charge is 0.455 e. The predicted molar refractivity (Wildman–Crippen MR) is 161 cm³/mol. The second kappa shape index (κ2) is 11.2.